The second-order valence-corrected chi connectivity index (χ2v) is 7.38. The lowest BCUT2D eigenvalue weighted by Crippen LogP contribution is -2.13. The Morgan fingerprint density at radius 1 is 0.903 bits per heavy atom. The molecule has 0 fully saturated rings. The number of rotatable bonds is 8. The number of ketones is 2. The number of nitrogens with zero attached hydrogens (tertiary/aromatic N) is 1. The first-order valence-corrected chi connectivity index (χ1v) is 10.1. The first kappa shape index (κ1) is 20.4. The maximum atomic E-state index is 12.8. The fourth-order valence-electron chi connectivity index (χ4n) is 3.57. The van der Waals surface area contributed by atoms with Crippen LogP contribution in [0.1, 0.15) is 43.4 Å². The van der Waals surface area contributed by atoms with E-state index in [1.54, 1.807) is 42.7 Å². The molecule has 4 aromatic rings. The van der Waals surface area contributed by atoms with Crippen LogP contribution in [-0.4, -0.2) is 22.7 Å². The molecule has 0 unspecified atom stereocenters. The van der Waals surface area contributed by atoms with E-state index in [0.717, 1.165) is 17.1 Å². The summed E-state index contributed by atoms with van der Waals surface area (Å²) in [6, 6.07) is 21.6. The molecule has 0 spiro atoms. The van der Waals surface area contributed by atoms with Gasteiger partial charge in [0.25, 0.3) is 0 Å². The fourth-order valence-corrected chi connectivity index (χ4v) is 3.57. The molecule has 5 nitrogen and oxygen atoms in total. The Kier molecular flexibility index (Phi) is 5.85. The predicted octanol–water partition coefficient (Wildman–Crippen LogP) is 5.24. The van der Waals surface area contributed by atoms with Crippen molar-refractivity contribution >= 4 is 11.6 Å². The number of benzene rings is 2. The van der Waals surface area contributed by atoms with Gasteiger partial charge in [-0.25, -0.2) is 0 Å². The summed E-state index contributed by atoms with van der Waals surface area (Å²) in [5.74, 6) is 1.24. The highest BCUT2D eigenvalue weighted by atomic mass is 16.5. The number of carbonyl (C=O) groups is 2. The van der Waals surface area contributed by atoms with Crippen LogP contribution in [0.15, 0.2) is 83.5 Å². The van der Waals surface area contributed by atoms with Crippen LogP contribution in [0.4, 0.5) is 0 Å². The highest BCUT2D eigenvalue weighted by Gasteiger charge is 2.17. The molecular weight excluding hydrogens is 390 g/mol. The number of carbonyl (C=O) groups excluding carboxylic acids is 2. The van der Waals surface area contributed by atoms with Gasteiger partial charge in [0.05, 0.1) is 12.8 Å². The van der Waals surface area contributed by atoms with E-state index in [4.69, 9.17) is 9.15 Å². The second-order valence-electron chi connectivity index (χ2n) is 7.38. The Hall–Kier alpha value is -3.86. The monoisotopic (exact) mass is 413 g/mol. The van der Waals surface area contributed by atoms with Crippen molar-refractivity contribution in [3.05, 3.63) is 113 Å². The summed E-state index contributed by atoms with van der Waals surface area (Å²) in [6.07, 6.45) is 1.64. The first-order valence-electron chi connectivity index (χ1n) is 10.1. The summed E-state index contributed by atoms with van der Waals surface area (Å²) in [6.45, 7) is 4.40. The predicted molar refractivity (Wildman–Crippen MR) is 118 cm³/mol. The Morgan fingerprint density at radius 3 is 2.29 bits per heavy atom. The summed E-state index contributed by atoms with van der Waals surface area (Å²) in [5.41, 5.74) is 3.72. The Labute approximate surface area is 180 Å². The average molecular weight is 413 g/mol. The van der Waals surface area contributed by atoms with Crippen LogP contribution < -0.4 is 4.74 Å². The van der Waals surface area contributed by atoms with Gasteiger partial charge in [0.15, 0.2) is 12.4 Å². The molecule has 2 aromatic heterocycles. The summed E-state index contributed by atoms with van der Waals surface area (Å²) in [7, 11) is 0. The third-order valence-corrected chi connectivity index (χ3v) is 5.29. The van der Waals surface area contributed by atoms with Gasteiger partial charge >= 0.3 is 0 Å². The molecule has 4 rings (SSSR count). The van der Waals surface area contributed by atoms with Crippen LogP contribution in [0, 0.1) is 13.8 Å². The van der Waals surface area contributed by atoms with Gasteiger partial charge in [-0.3, -0.25) is 9.59 Å². The maximum Gasteiger partial charge on any atom is 0.202 e. The minimum Gasteiger partial charge on any atom is -0.485 e. The van der Waals surface area contributed by atoms with E-state index in [9.17, 15) is 9.59 Å². The van der Waals surface area contributed by atoms with E-state index < -0.39 is 0 Å². The molecule has 156 valence electrons. The van der Waals surface area contributed by atoms with Gasteiger partial charge < -0.3 is 13.7 Å². The molecule has 0 bridgehead atoms. The molecule has 0 aliphatic heterocycles. The lowest BCUT2D eigenvalue weighted by molar-refractivity contribution is 0.0920. The molecule has 0 saturated heterocycles. The zero-order valence-corrected chi connectivity index (χ0v) is 17.5. The molecule has 0 amide bonds. The zero-order valence-electron chi connectivity index (χ0n) is 17.5. The van der Waals surface area contributed by atoms with E-state index in [0.29, 0.717) is 29.0 Å². The standard InChI is InChI=1S/C26H23NO4/c1-18-15-24(19(2)27(18)16-23-9-6-14-30-23)25(28)17-31-22-12-10-21(11-13-22)26(29)20-7-4-3-5-8-20/h3-15H,16-17H2,1-2H3. The van der Waals surface area contributed by atoms with Crippen LogP contribution in [0.2, 0.25) is 0 Å². The van der Waals surface area contributed by atoms with Crippen molar-refractivity contribution in [2.24, 2.45) is 0 Å². The second kappa shape index (κ2) is 8.88. The van der Waals surface area contributed by atoms with Gasteiger partial charge in [-0.05, 0) is 56.3 Å². The minimum atomic E-state index is -0.0942. The minimum absolute atomic E-state index is 0.0489. The number of furan rings is 1. The van der Waals surface area contributed by atoms with Gasteiger partial charge in [-0.15, -0.1) is 0 Å². The van der Waals surface area contributed by atoms with Gasteiger partial charge in [-0.2, -0.15) is 0 Å². The number of hydrogen-bond acceptors (Lipinski definition) is 4. The third-order valence-electron chi connectivity index (χ3n) is 5.29. The summed E-state index contributed by atoms with van der Waals surface area (Å²) in [5, 5.41) is 0. The average Bonchev–Trinajstić information content (AvgIpc) is 3.42. The largest absolute Gasteiger partial charge is 0.485 e. The highest BCUT2D eigenvalue weighted by Crippen LogP contribution is 2.20. The van der Waals surface area contributed by atoms with Crippen molar-refractivity contribution in [3.8, 4) is 5.75 Å². The summed E-state index contributed by atoms with van der Waals surface area (Å²) < 4.78 is 13.2. The van der Waals surface area contributed by atoms with E-state index >= 15 is 0 Å². The Bertz CT molecular complexity index is 1190. The Morgan fingerprint density at radius 2 is 1.61 bits per heavy atom. The molecule has 5 heteroatoms. The van der Waals surface area contributed by atoms with Crippen molar-refractivity contribution in [1.82, 2.24) is 4.57 Å². The van der Waals surface area contributed by atoms with Gasteiger partial charge in [0.2, 0.25) is 5.78 Å². The lowest BCUT2D eigenvalue weighted by atomic mass is 10.0. The lowest BCUT2D eigenvalue weighted by Gasteiger charge is -2.09. The molecule has 31 heavy (non-hydrogen) atoms. The summed E-state index contributed by atoms with van der Waals surface area (Å²) in [4.78, 5) is 25.2. The fraction of sp³-hybridized carbons (Fsp3) is 0.154. The van der Waals surface area contributed by atoms with E-state index in [1.165, 1.54) is 0 Å². The quantitative estimate of drug-likeness (QED) is 0.371. The van der Waals surface area contributed by atoms with E-state index in [2.05, 4.69) is 4.57 Å². The Balaban J connectivity index is 1.40. The number of hydrogen-bond donors (Lipinski definition) is 0. The highest BCUT2D eigenvalue weighted by molar-refractivity contribution is 6.09. The van der Waals surface area contributed by atoms with Crippen LogP contribution in [0.3, 0.4) is 0 Å². The molecule has 2 aromatic carbocycles. The summed E-state index contributed by atoms with van der Waals surface area (Å²) >= 11 is 0. The molecule has 0 radical (unpaired) electrons. The molecule has 2 heterocycles. The van der Waals surface area contributed by atoms with Crippen molar-refractivity contribution in [2.75, 3.05) is 6.61 Å². The SMILES string of the molecule is Cc1cc(C(=O)COc2ccc(C(=O)c3ccccc3)cc2)c(C)n1Cc1ccco1. The van der Waals surface area contributed by atoms with Crippen molar-refractivity contribution in [3.63, 3.8) is 0 Å². The molecule has 0 aliphatic rings. The van der Waals surface area contributed by atoms with Gasteiger partial charge in [0, 0.05) is 28.1 Å². The van der Waals surface area contributed by atoms with E-state index in [1.807, 2.05) is 50.2 Å². The van der Waals surface area contributed by atoms with Crippen molar-refractivity contribution in [2.45, 2.75) is 20.4 Å². The van der Waals surface area contributed by atoms with Crippen LogP contribution >= 0.6 is 0 Å². The first-order chi connectivity index (χ1) is 15.0. The third kappa shape index (κ3) is 4.51. The van der Waals surface area contributed by atoms with Gasteiger partial charge in [-0.1, -0.05) is 30.3 Å². The van der Waals surface area contributed by atoms with Crippen LogP contribution in [0.5, 0.6) is 5.75 Å². The smallest absolute Gasteiger partial charge is 0.202 e. The topological polar surface area (TPSA) is 61.4 Å². The van der Waals surface area contributed by atoms with E-state index in [-0.39, 0.29) is 18.2 Å². The molecule has 0 saturated carbocycles. The molecular formula is C26H23NO4. The number of ether oxygens (including phenoxy) is 1. The van der Waals surface area contributed by atoms with Crippen molar-refractivity contribution < 1.29 is 18.7 Å². The normalized spacial score (nSPS) is 10.8. The molecule has 0 atom stereocenters. The maximum absolute atomic E-state index is 12.8. The number of aromatic nitrogens is 1. The van der Waals surface area contributed by atoms with Crippen LogP contribution in [-0.2, 0) is 6.54 Å². The number of Topliss-reactive ketones (excluding diaryl/α,β-unsaturated/α-hetero) is 1. The molecule has 0 N–H and O–H groups in total. The zero-order chi connectivity index (χ0) is 21.8. The van der Waals surface area contributed by atoms with Crippen LogP contribution in [0.25, 0.3) is 0 Å². The number of aryl methyl sites for hydroxylation is 1. The van der Waals surface area contributed by atoms with Gasteiger partial charge in [0.1, 0.15) is 11.5 Å². The van der Waals surface area contributed by atoms with Crippen molar-refractivity contribution in [1.29, 1.82) is 0 Å². The molecule has 0 aliphatic carbocycles.